The van der Waals surface area contributed by atoms with Crippen molar-refractivity contribution >= 4 is 40.3 Å². The van der Waals surface area contributed by atoms with Crippen LogP contribution in [0.25, 0.3) is 0 Å². The minimum atomic E-state index is -0.154. The van der Waals surface area contributed by atoms with Gasteiger partial charge in [-0.05, 0) is 0 Å². The lowest BCUT2D eigenvalue weighted by Crippen LogP contribution is -2.27. The fourth-order valence-electron chi connectivity index (χ4n) is 0.818. The lowest BCUT2D eigenvalue weighted by molar-refractivity contribution is -0.131. The van der Waals surface area contributed by atoms with Gasteiger partial charge in [-0.1, -0.05) is 12.2 Å². The Balaban J connectivity index is 2.58. The lowest BCUT2D eigenvalue weighted by atomic mass is 10.4. The molecule has 0 atom stereocenters. The normalized spacial score (nSPS) is 16.6. The third-order valence-electron chi connectivity index (χ3n) is 1.54. The second-order valence-corrected chi connectivity index (χ2v) is 4.41. The fourth-order valence-corrected chi connectivity index (χ4v) is 1.75. The molecule has 1 rings (SSSR count). The van der Waals surface area contributed by atoms with Crippen LogP contribution in [0.15, 0.2) is 0 Å². The van der Waals surface area contributed by atoms with Gasteiger partial charge in [-0.15, -0.1) is 0 Å². The molecule has 0 bridgehead atoms. The van der Waals surface area contributed by atoms with Crippen LogP contribution in [-0.4, -0.2) is 39.4 Å². The zero-order valence-electron chi connectivity index (χ0n) is 7.44. The van der Waals surface area contributed by atoms with Crippen molar-refractivity contribution in [3.8, 4) is 0 Å². The molecule has 0 spiro atoms. The van der Waals surface area contributed by atoms with E-state index in [2.05, 4.69) is 0 Å². The van der Waals surface area contributed by atoms with Crippen molar-refractivity contribution in [1.82, 2.24) is 9.21 Å². The summed E-state index contributed by atoms with van der Waals surface area (Å²) in [7, 11) is 3.56. The van der Waals surface area contributed by atoms with Crippen LogP contribution >= 0.6 is 24.2 Å². The van der Waals surface area contributed by atoms with E-state index in [0.717, 1.165) is 16.3 Å². The molecule has 72 valence electrons. The maximum Gasteiger partial charge on any atom is 0.240 e. The summed E-state index contributed by atoms with van der Waals surface area (Å²) in [6, 6.07) is 0. The Kier molecular flexibility index (Phi) is 3.27. The molecule has 0 aliphatic carbocycles. The molecule has 13 heavy (non-hydrogen) atoms. The Morgan fingerprint density at radius 1 is 1.38 bits per heavy atom. The second-order valence-electron chi connectivity index (χ2n) is 2.83. The molecule has 2 amide bonds. The summed E-state index contributed by atoms with van der Waals surface area (Å²) in [4.78, 5) is 24.0. The molecule has 6 heteroatoms. The molecule has 0 aromatic rings. The summed E-state index contributed by atoms with van der Waals surface area (Å²) in [5, 5.41) is 0. The molecule has 1 fully saturated rings. The number of rotatable bonds is 1. The van der Waals surface area contributed by atoms with Gasteiger partial charge in [0.1, 0.15) is 0 Å². The van der Waals surface area contributed by atoms with E-state index in [0.29, 0.717) is 17.2 Å². The molecule has 1 saturated heterocycles. The summed E-state index contributed by atoms with van der Waals surface area (Å²) in [5.74, 6) is -0.307. The van der Waals surface area contributed by atoms with Crippen molar-refractivity contribution in [3.63, 3.8) is 0 Å². The van der Waals surface area contributed by atoms with Crippen molar-refractivity contribution in [1.29, 1.82) is 0 Å². The molecule has 1 aliphatic heterocycles. The van der Waals surface area contributed by atoms with Crippen LogP contribution in [0.5, 0.6) is 0 Å². The first-order valence-electron chi connectivity index (χ1n) is 3.77. The Labute approximate surface area is 86.4 Å². The van der Waals surface area contributed by atoms with E-state index < -0.39 is 0 Å². The van der Waals surface area contributed by atoms with Gasteiger partial charge < -0.3 is 4.90 Å². The largest absolute Gasteiger partial charge is 0.362 e. The summed E-state index contributed by atoms with van der Waals surface area (Å²) in [5.41, 5.74) is 0. The standard InChI is InChI=1S/C7H10N2O2S2/c1-8(2)7(12)13-9-5(10)3-4-6(9)11/h3-4H2,1-2H3. The van der Waals surface area contributed by atoms with E-state index in [1.54, 1.807) is 19.0 Å². The fraction of sp³-hybridized carbons (Fsp3) is 0.571. The smallest absolute Gasteiger partial charge is 0.240 e. The summed E-state index contributed by atoms with van der Waals surface area (Å²) in [6.45, 7) is 0. The van der Waals surface area contributed by atoms with E-state index in [1.807, 2.05) is 0 Å². The van der Waals surface area contributed by atoms with E-state index in [9.17, 15) is 9.59 Å². The molecular weight excluding hydrogens is 208 g/mol. The van der Waals surface area contributed by atoms with E-state index >= 15 is 0 Å². The highest BCUT2D eigenvalue weighted by Crippen LogP contribution is 2.22. The van der Waals surface area contributed by atoms with Crippen LogP contribution < -0.4 is 0 Å². The number of amides is 2. The Hall–Kier alpha value is -0.620. The van der Waals surface area contributed by atoms with Crippen LogP contribution in [0, 0.1) is 0 Å². The van der Waals surface area contributed by atoms with Gasteiger partial charge in [-0.25, -0.2) is 4.31 Å². The van der Waals surface area contributed by atoms with Gasteiger partial charge >= 0.3 is 0 Å². The van der Waals surface area contributed by atoms with Crippen molar-refractivity contribution in [3.05, 3.63) is 0 Å². The monoisotopic (exact) mass is 218 g/mol. The Morgan fingerprint density at radius 2 is 1.85 bits per heavy atom. The predicted molar refractivity (Wildman–Crippen MR) is 55.0 cm³/mol. The van der Waals surface area contributed by atoms with Gasteiger partial charge in [0.2, 0.25) is 11.8 Å². The van der Waals surface area contributed by atoms with E-state index in [4.69, 9.17) is 12.2 Å². The summed E-state index contributed by atoms with van der Waals surface area (Å²) < 4.78 is 1.66. The molecule has 1 heterocycles. The quantitative estimate of drug-likeness (QED) is 0.367. The molecule has 0 saturated carbocycles. The van der Waals surface area contributed by atoms with Crippen molar-refractivity contribution in [2.24, 2.45) is 0 Å². The third kappa shape index (κ3) is 2.41. The van der Waals surface area contributed by atoms with Gasteiger partial charge in [0.25, 0.3) is 0 Å². The molecule has 0 aromatic carbocycles. The maximum atomic E-state index is 11.1. The molecule has 0 radical (unpaired) electrons. The molecule has 1 aliphatic rings. The number of hydrogen-bond acceptors (Lipinski definition) is 4. The van der Waals surface area contributed by atoms with Crippen molar-refractivity contribution in [2.75, 3.05) is 14.1 Å². The number of carbonyl (C=O) groups excluding carboxylic acids is 2. The first-order chi connectivity index (χ1) is 6.02. The van der Waals surface area contributed by atoms with Gasteiger partial charge in [0, 0.05) is 38.9 Å². The van der Waals surface area contributed by atoms with Crippen molar-refractivity contribution in [2.45, 2.75) is 12.8 Å². The third-order valence-corrected chi connectivity index (χ3v) is 3.24. The molecular formula is C7H10N2O2S2. The highest BCUT2D eigenvalue weighted by atomic mass is 32.2. The van der Waals surface area contributed by atoms with Gasteiger partial charge in [-0.2, -0.15) is 0 Å². The second kappa shape index (κ2) is 4.06. The van der Waals surface area contributed by atoms with Crippen LogP contribution in [0.3, 0.4) is 0 Å². The highest BCUT2D eigenvalue weighted by Gasteiger charge is 2.30. The van der Waals surface area contributed by atoms with Crippen molar-refractivity contribution < 1.29 is 9.59 Å². The zero-order valence-corrected chi connectivity index (χ0v) is 9.07. The Bertz CT molecular complexity index is 249. The van der Waals surface area contributed by atoms with Crippen LogP contribution in [0.4, 0.5) is 0 Å². The Morgan fingerprint density at radius 3 is 2.23 bits per heavy atom. The topological polar surface area (TPSA) is 40.6 Å². The zero-order chi connectivity index (χ0) is 10.0. The predicted octanol–water partition coefficient (Wildman–Crippen LogP) is 0.630. The maximum absolute atomic E-state index is 11.1. The number of hydrogen-bond donors (Lipinski definition) is 0. The molecule has 4 nitrogen and oxygen atoms in total. The minimum Gasteiger partial charge on any atom is -0.362 e. The van der Waals surface area contributed by atoms with Crippen LogP contribution in [-0.2, 0) is 9.59 Å². The molecule has 0 N–H and O–H groups in total. The highest BCUT2D eigenvalue weighted by molar-refractivity contribution is 8.22. The summed E-state index contributed by atoms with van der Waals surface area (Å²) >= 11 is 5.99. The van der Waals surface area contributed by atoms with Gasteiger partial charge in [0.15, 0.2) is 4.32 Å². The first-order valence-corrected chi connectivity index (χ1v) is 4.95. The first kappa shape index (κ1) is 10.5. The SMILES string of the molecule is CN(C)C(=S)SN1C(=O)CCC1=O. The summed E-state index contributed by atoms with van der Waals surface area (Å²) in [6.07, 6.45) is 0.615. The minimum absolute atomic E-state index is 0.154. The average molecular weight is 218 g/mol. The van der Waals surface area contributed by atoms with E-state index in [1.165, 1.54) is 0 Å². The number of nitrogens with zero attached hydrogens (tertiary/aromatic N) is 2. The number of carbonyl (C=O) groups is 2. The average Bonchev–Trinajstić information content (AvgIpc) is 2.35. The van der Waals surface area contributed by atoms with Crippen LogP contribution in [0.1, 0.15) is 12.8 Å². The molecule has 0 unspecified atom stereocenters. The van der Waals surface area contributed by atoms with Crippen LogP contribution in [0.2, 0.25) is 0 Å². The molecule has 0 aromatic heterocycles. The number of thiocarbonyl (C=S) groups is 1. The van der Waals surface area contributed by atoms with Gasteiger partial charge in [0.05, 0.1) is 0 Å². The van der Waals surface area contributed by atoms with Gasteiger partial charge in [-0.3, -0.25) is 9.59 Å². The lowest BCUT2D eigenvalue weighted by Gasteiger charge is -2.17. The van der Waals surface area contributed by atoms with E-state index in [-0.39, 0.29) is 11.8 Å². The number of imide groups is 1.